The third-order valence-corrected chi connectivity index (χ3v) is 7.72. The van der Waals surface area contributed by atoms with Crippen LogP contribution in [0.1, 0.15) is 38.8 Å². The molecule has 6 atom stereocenters. The Kier molecular flexibility index (Phi) is 3.69. The molecule has 0 radical (unpaired) electrons. The van der Waals surface area contributed by atoms with Crippen molar-refractivity contribution in [3.63, 3.8) is 0 Å². The minimum atomic E-state index is -1.50. The van der Waals surface area contributed by atoms with Crippen LogP contribution in [-0.4, -0.2) is 38.6 Å². The maximum absolute atomic E-state index is 13.5. The van der Waals surface area contributed by atoms with Gasteiger partial charge in [0.05, 0.1) is 29.8 Å². The van der Waals surface area contributed by atoms with Crippen molar-refractivity contribution in [3.05, 3.63) is 63.5 Å². The van der Waals surface area contributed by atoms with Gasteiger partial charge in [0.15, 0.2) is 5.41 Å². The summed E-state index contributed by atoms with van der Waals surface area (Å²) in [6, 6.07) is 7.47. The smallest absolute Gasteiger partial charge is 0.352 e. The van der Waals surface area contributed by atoms with E-state index in [0.717, 1.165) is 11.0 Å². The molecule has 9 nitrogen and oxygen atoms in total. The van der Waals surface area contributed by atoms with Crippen LogP contribution in [-0.2, 0) is 19.1 Å². The van der Waals surface area contributed by atoms with E-state index in [0.29, 0.717) is 12.1 Å². The Hall–Kier alpha value is -3.36. The first kappa shape index (κ1) is 19.3. The predicted octanol–water partition coefficient (Wildman–Crippen LogP) is 1.36. The van der Waals surface area contributed by atoms with Gasteiger partial charge in [-0.1, -0.05) is 43.7 Å². The zero-order chi connectivity index (χ0) is 22.4. The van der Waals surface area contributed by atoms with E-state index in [4.69, 9.17) is 9.47 Å². The Bertz CT molecular complexity index is 1300. The van der Waals surface area contributed by atoms with Gasteiger partial charge >= 0.3 is 23.3 Å². The normalized spacial score (nSPS) is 35.1. The molecule has 2 aliphatic carbocycles. The van der Waals surface area contributed by atoms with Crippen LogP contribution in [0.5, 0.6) is 0 Å². The van der Waals surface area contributed by atoms with E-state index >= 15 is 0 Å². The molecule has 1 saturated carbocycles. The van der Waals surface area contributed by atoms with Crippen molar-refractivity contribution in [3.8, 4) is 5.69 Å². The van der Waals surface area contributed by atoms with Gasteiger partial charge in [-0.3, -0.25) is 9.59 Å². The fourth-order valence-electron chi connectivity index (χ4n) is 6.75. The average molecular weight is 437 g/mol. The van der Waals surface area contributed by atoms with E-state index in [-0.39, 0.29) is 6.61 Å². The van der Waals surface area contributed by atoms with Gasteiger partial charge < -0.3 is 9.47 Å². The predicted molar refractivity (Wildman–Crippen MR) is 111 cm³/mol. The molecule has 1 aromatic carbocycles. The number of cyclic esters (lactones) is 1. The zero-order valence-electron chi connectivity index (χ0n) is 17.8. The number of benzene rings is 1. The minimum Gasteiger partial charge on any atom is -0.465 e. The van der Waals surface area contributed by atoms with Gasteiger partial charge in [0.25, 0.3) is 0 Å². The third-order valence-electron chi connectivity index (χ3n) is 7.72. The monoisotopic (exact) mass is 437 g/mol. The number of carbonyl (C=O) groups is 2. The van der Waals surface area contributed by atoms with Crippen molar-refractivity contribution in [1.29, 1.82) is 0 Å². The molecule has 3 aliphatic heterocycles. The SMILES string of the molecule is CCCC1OC(=O)[C@]2(C(=O)OCC)[C@H]3[C@H]4C=C[C@H](n5c(=O)n(-c6ccccc6)c(=O)n54)C132. The Morgan fingerprint density at radius 2 is 1.78 bits per heavy atom. The largest absolute Gasteiger partial charge is 0.465 e. The standard InChI is InChI=1S/C23H23N3O6/c1-3-8-16-22-15-12-11-14(17(22)23(22,19(28)32-16)18(27)31-4-2)25-20(29)24(21(30)26(15)25)13-9-6-5-7-10-13/h5-7,9-12,14-17H,3-4,8H2,1-2H3/t14-,15+,16?,17+,22?,23-/m1/s1. The number of aromatic nitrogens is 3. The van der Waals surface area contributed by atoms with E-state index in [2.05, 4.69) is 0 Å². The third kappa shape index (κ3) is 1.80. The van der Waals surface area contributed by atoms with Crippen LogP contribution >= 0.6 is 0 Å². The molecule has 0 N–H and O–H groups in total. The van der Waals surface area contributed by atoms with Crippen LogP contribution in [0.15, 0.2) is 52.1 Å². The molecule has 166 valence electrons. The Morgan fingerprint density at radius 1 is 1.06 bits per heavy atom. The number of para-hydroxylation sites is 1. The molecule has 0 amide bonds. The van der Waals surface area contributed by atoms with Crippen LogP contribution in [0, 0.1) is 16.7 Å². The summed E-state index contributed by atoms with van der Waals surface area (Å²) in [5, 5.41) is 0. The summed E-state index contributed by atoms with van der Waals surface area (Å²) in [4.78, 5) is 53.5. The molecule has 7 rings (SSSR count). The number of hydrogen-bond donors (Lipinski definition) is 0. The highest BCUT2D eigenvalue weighted by atomic mass is 16.6. The van der Waals surface area contributed by atoms with Crippen molar-refractivity contribution in [2.75, 3.05) is 6.61 Å². The number of rotatable bonds is 5. The highest BCUT2D eigenvalue weighted by Crippen LogP contribution is 2.85. The van der Waals surface area contributed by atoms with E-state index < -0.39 is 58.3 Å². The molecule has 4 heterocycles. The fraction of sp³-hybridized carbons (Fsp3) is 0.478. The summed E-state index contributed by atoms with van der Waals surface area (Å²) < 4.78 is 15.1. The molecule has 9 heteroatoms. The van der Waals surface area contributed by atoms with Crippen molar-refractivity contribution in [1.82, 2.24) is 13.9 Å². The molecule has 1 spiro atoms. The number of hydrogen-bond acceptors (Lipinski definition) is 6. The molecular formula is C23H23N3O6. The highest BCUT2D eigenvalue weighted by Gasteiger charge is 2.97. The van der Waals surface area contributed by atoms with Crippen molar-refractivity contribution in [2.24, 2.45) is 16.7 Å². The van der Waals surface area contributed by atoms with Crippen LogP contribution in [0.4, 0.5) is 0 Å². The molecule has 1 aromatic heterocycles. The first-order valence-corrected chi connectivity index (χ1v) is 11.1. The lowest BCUT2D eigenvalue weighted by Gasteiger charge is -2.41. The Labute approximate surface area is 182 Å². The van der Waals surface area contributed by atoms with Gasteiger partial charge in [0.2, 0.25) is 0 Å². The maximum Gasteiger partial charge on any atom is 0.352 e. The number of ether oxygens (including phenoxy) is 2. The lowest BCUT2D eigenvalue weighted by atomic mass is 9.77. The number of allylic oxidation sites excluding steroid dienone is 2. The summed E-state index contributed by atoms with van der Waals surface area (Å²) >= 11 is 0. The van der Waals surface area contributed by atoms with Crippen LogP contribution in [0.2, 0.25) is 0 Å². The first-order valence-electron chi connectivity index (χ1n) is 11.1. The topological polar surface area (TPSA) is 102 Å². The number of nitrogens with zero attached hydrogens (tertiary/aromatic N) is 3. The number of esters is 2. The van der Waals surface area contributed by atoms with Crippen molar-refractivity contribution < 1.29 is 19.1 Å². The van der Waals surface area contributed by atoms with Crippen LogP contribution in [0.3, 0.4) is 0 Å². The fourth-order valence-corrected chi connectivity index (χ4v) is 6.75. The van der Waals surface area contributed by atoms with Crippen LogP contribution < -0.4 is 11.4 Å². The van der Waals surface area contributed by atoms with Gasteiger partial charge in [-0.25, -0.2) is 23.5 Å². The molecule has 2 fully saturated rings. The molecule has 2 bridgehead atoms. The minimum absolute atomic E-state index is 0.130. The van der Waals surface area contributed by atoms with Gasteiger partial charge in [-0.15, -0.1) is 0 Å². The van der Waals surface area contributed by atoms with Gasteiger partial charge in [0.1, 0.15) is 6.10 Å². The van der Waals surface area contributed by atoms with E-state index in [9.17, 15) is 19.2 Å². The summed E-state index contributed by atoms with van der Waals surface area (Å²) in [5.41, 5.74) is -2.93. The molecule has 32 heavy (non-hydrogen) atoms. The summed E-state index contributed by atoms with van der Waals surface area (Å²) in [6.45, 7) is 3.80. The quantitative estimate of drug-likeness (QED) is 0.398. The molecular weight excluding hydrogens is 414 g/mol. The lowest BCUT2D eigenvalue weighted by molar-refractivity contribution is -0.163. The lowest BCUT2D eigenvalue weighted by Crippen LogP contribution is -2.48. The zero-order valence-corrected chi connectivity index (χ0v) is 17.8. The van der Waals surface area contributed by atoms with Crippen molar-refractivity contribution in [2.45, 2.75) is 44.9 Å². The first-order chi connectivity index (χ1) is 15.5. The van der Waals surface area contributed by atoms with E-state index in [1.54, 1.807) is 31.2 Å². The molecule has 2 aromatic rings. The second-order valence-electron chi connectivity index (χ2n) is 8.87. The average Bonchev–Trinajstić information content (AvgIpc) is 3.31. The summed E-state index contributed by atoms with van der Waals surface area (Å²) in [6.07, 6.45) is 4.48. The Morgan fingerprint density at radius 3 is 2.47 bits per heavy atom. The second-order valence-corrected chi connectivity index (χ2v) is 8.87. The van der Waals surface area contributed by atoms with E-state index in [1.165, 1.54) is 9.36 Å². The summed E-state index contributed by atoms with van der Waals surface area (Å²) in [7, 11) is 0. The molecule has 5 aliphatic rings. The van der Waals surface area contributed by atoms with Gasteiger partial charge in [0, 0.05) is 5.92 Å². The van der Waals surface area contributed by atoms with Crippen LogP contribution in [0.25, 0.3) is 5.69 Å². The highest BCUT2D eigenvalue weighted by molar-refractivity contribution is 6.08. The molecule has 1 saturated heterocycles. The van der Waals surface area contributed by atoms with E-state index in [1.807, 2.05) is 25.1 Å². The molecule has 2 unspecified atom stereocenters. The van der Waals surface area contributed by atoms with Crippen molar-refractivity contribution >= 4 is 11.9 Å². The number of carbonyl (C=O) groups excluding carboxylic acids is 2. The summed E-state index contributed by atoms with van der Waals surface area (Å²) in [5.74, 6) is -1.69. The Balaban J connectivity index is 1.60. The van der Waals surface area contributed by atoms with Gasteiger partial charge in [-0.2, -0.15) is 0 Å². The second kappa shape index (κ2) is 6.11. The maximum atomic E-state index is 13.5. The van der Waals surface area contributed by atoms with Gasteiger partial charge in [-0.05, 0) is 25.5 Å².